The molecule has 68 valence electrons. The van der Waals surface area contributed by atoms with Crippen LogP contribution in [0.5, 0.6) is 5.75 Å². The summed E-state index contributed by atoms with van der Waals surface area (Å²) in [6.07, 6.45) is 0. The Bertz CT molecular complexity index is 450. The molecule has 0 aliphatic carbocycles. The zero-order valence-electron chi connectivity index (χ0n) is 6.82. The Morgan fingerprint density at radius 1 is 1.38 bits per heavy atom. The first-order chi connectivity index (χ1) is 6.24. The van der Waals surface area contributed by atoms with Gasteiger partial charge in [-0.2, -0.15) is 0 Å². The third-order valence-corrected chi connectivity index (χ3v) is 2.96. The van der Waals surface area contributed by atoms with Crippen LogP contribution in [0.1, 0.15) is 5.56 Å². The second kappa shape index (κ2) is 2.90. The minimum Gasteiger partial charge on any atom is -0.506 e. The second-order valence-electron chi connectivity index (χ2n) is 2.79. The number of benzene rings is 1. The lowest BCUT2D eigenvalue weighted by molar-refractivity contribution is 0.284. The zero-order valence-corrected chi connectivity index (χ0v) is 7.64. The molecule has 2 rings (SSSR count). The van der Waals surface area contributed by atoms with Crippen molar-refractivity contribution < 1.29 is 10.2 Å². The summed E-state index contributed by atoms with van der Waals surface area (Å²) in [5.74, 6) is 0.191. The zero-order chi connectivity index (χ0) is 9.42. The highest BCUT2D eigenvalue weighted by atomic mass is 32.1. The molecule has 4 heteroatoms. The molecule has 0 bridgehead atoms. The normalized spacial score (nSPS) is 10.8. The molecule has 1 aromatic heterocycles. The van der Waals surface area contributed by atoms with Gasteiger partial charge in [-0.3, -0.25) is 0 Å². The Morgan fingerprint density at radius 2 is 2.15 bits per heavy atom. The van der Waals surface area contributed by atoms with E-state index in [0.29, 0.717) is 16.6 Å². The van der Waals surface area contributed by atoms with Gasteiger partial charge in [-0.05, 0) is 12.1 Å². The number of aromatic hydroxyl groups is 1. The Hall–Kier alpha value is -1.26. The van der Waals surface area contributed by atoms with Crippen LogP contribution in [0.25, 0.3) is 10.1 Å². The summed E-state index contributed by atoms with van der Waals surface area (Å²) in [4.78, 5) is 0. The monoisotopic (exact) mass is 195 g/mol. The quantitative estimate of drug-likeness (QED) is 0.606. The largest absolute Gasteiger partial charge is 0.506 e. The molecule has 3 nitrogen and oxygen atoms in total. The summed E-state index contributed by atoms with van der Waals surface area (Å²) in [6.45, 7) is -0.145. The maximum Gasteiger partial charge on any atom is 0.134 e. The van der Waals surface area contributed by atoms with Crippen LogP contribution in [0.15, 0.2) is 17.5 Å². The van der Waals surface area contributed by atoms with E-state index in [4.69, 9.17) is 10.8 Å². The van der Waals surface area contributed by atoms with E-state index in [0.717, 1.165) is 4.70 Å². The van der Waals surface area contributed by atoms with Crippen molar-refractivity contribution in [1.29, 1.82) is 0 Å². The molecule has 0 fully saturated rings. The smallest absolute Gasteiger partial charge is 0.134 e. The predicted molar refractivity (Wildman–Crippen MR) is 53.8 cm³/mol. The van der Waals surface area contributed by atoms with Gasteiger partial charge < -0.3 is 15.9 Å². The average Bonchev–Trinajstić information content (AvgIpc) is 2.49. The minimum absolute atomic E-state index is 0.145. The van der Waals surface area contributed by atoms with E-state index in [2.05, 4.69) is 0 Å². The van der Waals surface area contributed by atoms with E-state index in [1.165, 1.54) is 11.3 Å². The number of hydrogen-bond donors (Lipinski definition) is 3. The van der Waals surface area contributed by atoms with Crippen LogP contribution in [-0.4, -0.2) is 10.2 Å². The van der Waals surface area contributed by atoms with Crippen LogP contribution in [-0.2, 0) is 6.61 Å². The molecule has 0 saturated carbocycles. The third kappa shape index (κ3) is 1.15. The van der Waals surface area contributed by atoms with Gasteiger partial charge in [0.05, 0.1) is 6.61 Å². The molecule has 4 N–H and O–H groups in total. The summed E-state index contributed by atoms with van der Waals surface area (Å²) < 4.78 is 0.941. The van der Waals surface area contributed by atoms with Crippen LogP contribution in [0.2, 0.25) is 0 Å². The topological polar surface area (TPSA) is 66.5 Å². The number of rotatable bonds is 1. The minimum atomic E-state index is -0.145. The number of anilines is 1. The lowest BCUT2D eigenvalue weighted by atomic mass is 10.1. The highest BCUT2D eigenvalue weighted by Crippen LogP contribution is 2.36. The van der Waals surface area contributed by atoms with Crippen molar-refractivity contribution in [2.75, 3.05) is 5.73 Å². The lowest BCUT2D eigenvalue weighted by Crippen LogP contribution is -1.93. The van der Waals surface area contributed by atoms with Gasteiger partial charge in [0.15, 0.2) is 0 Å². The van der Waals surface area contributed by atoms with Crippen LogP contribution in [0, 0.1) is 0 Å². The van der Waals surface area contributed by atoms with E-state index in [1.54, 1.807) is 11.4 Å². The lowest BCUT2D eigenvalue weighted by Gasteiger charge is -2.03. The van der Waals surface area contributed by atoms with Crippen LogP contribution in [0.4, 0.5) is 5.69 Å². The van der Waals surface area contributed by atoms with Crippen molar-refractivity contribution in [2.45, 2.75) is 6.61 Å². The second-order valence-corrected chi connectivity index (χ2v) is 3.70. The summed E-state index contributed by atoms with van der Waals surface area (Å²) in [6, 6.07) is 3.58. The molecule has 1 heterocycles. The molecule has 13 heavy (non-hydrogen) atoms. The summed E-state index contributed by atoms with van der Waals surface area (Å²) in [5, 5.41) is 20.9. The van der Waals surface area contributed by atoms with E-state index in [9.17, 15) is 5.11 Å². The number of aliphatic hydroxyl groups excluding tert-OH is 1. The number of hydrogen-bond acceptors (Lipinski definition) is 4. The highest BCUT2D eigenvalue weighted by molar-refractivity contribution is 7.17. The first-order valence-electron chi connectivity index (χ1n) is 3.82. The fourth-order valence-electron chi connectivity index (χ4n) is 1.37. The molecule has 0 aliphatic rings. The Balaban J connectivity index is 2.88. The van der Waals surface area contributed by atoms with Gasteiger partial charge in [-0.1, -0.05) is 0 Å². The first-order valence-corrected chi connectivity index (χ1v) is 4.70. The maximum atomic E-state index is 9.49. The van der Waals surface area contributed by atoms with Crippen LogP contribution < -0.4 is 5.73 Å². The van der Waals surface area contributed by atoms with Crippen molar-refractivity contribution in [3.8, 4) is 5.75 Å². The third-order valence-electron chi connectivity index (χ3n) is 2.02. The van der Waals surface area contributed by atoms with Gasteiger partial charge >= 0.3 is 0 Å². The van der Waals surface area contributed by atoms with Gasteiger partial charge in [0.2, 0.25) is 0 Å². The van der Waals surface area contributed by atoms with Gasteiger partial charge in [0.1, 0.15) is 5.75 Å². The number of thiophene rings is 1. The summed E-state index contributed by atoms with van der Waals surface area (Å²) in [5.41, 5.74) is 6.78. The molecule has 0 atom stereocenters. The van der Waals surface area contributed by atoms with Gasteiger partial charge in [-0.25, -0.2) is 0 Å². The van der Waals surface area contributed by atoms with Crippen molar-refractivity contribution in [3.63, 3.8) is 0 Å². The molecule has 1 aromatic carbocycles. The van der Waals surface area contributed by atoms with E-state index in [-0.39, 0.29) is 12.4 Å². The molecule has 0 radical (unpaired) electrons. The Labute approximate surface area is 79.0 Å². The van der Waals surface area contributed by atoms with Crippen LogP contribution >= 0.6 is 11.3 Å². The molecule has 0 spiro atoms. The molecule has 0 saturated heterocycles. The van der Waals surface area contributed by atoms with Crippen molar-refractivity contribution in [2.24, 2.45) is 0 Å². The van der Waals surface area contributed by atoms with Gasteiger partial charge in [0.25, 0.3) is 0 Å². The molecule has 0 aliphatic heterocycles. The molecular weight excluding hydrogens is 186 g/mol. The Kier molecular flexibility index (Phi) is 1.86. The molecule has 0 amide bonds. The predicted octanol–water partition coefficient (Wildman–Crippen LogP) is 1.68. The van der Waals surface area contributed by atoms with E-state index < -0.39 is 0 Å². The highest BCUT2D eigenvalue weighted by Gasteiger charge is 2.09. The number of nitrogen functional groups attached to an aromatic ring is 1. The number of nitrogens with two attached hydrogens (primary N) is 1. The number of fused-ring (bicyclic) bond motifs is 1. The Morgan fingerprint density at radius 3 is 2.85 bits per heavy atom. The van der Waals surface area contributed by atoms with E-state index >= 15 is 0 Å². The maximum absolute atomic E-state index is 9.49. The van der Waals surface area contributed by atoms with Gasteiger partial charge in [0, 0.05) is 26.7 Å². The summed E-state index contributed by atoms with van der Waals surface area (Å²) >= 11 is 1.44. The van der Waals surface area contributed by atoms with Crippen molar-refractivity contribution in [3.05, 3.63) is 23.1 Å². The SMILES string of the molecule is Nc1ccc2scc(O)c2c1CO. The fraction of sp³-hybridized carbons (Fsp3) is 0.111. The van der Waals surface area contributed by atoms with E-state index in [1.807, 2.05) is 6.07 Å². The molecule has 0 unspecified atom stereocenters. The van der Waals surface area contributed by atoms with Crippen molar-refractivity contribution in [1.82, 2.24) is 0 Å². The van der Waals surface area contributed by atoms with Crippen molar-refractivity contribution >= 4 is 27.1 Å². The molecular formula is C9H9NO2S. The van der Waals surface area contributed by atoms with Gasteiger partial charge in [-0.15, -0.1) is 11.3 Å². The number of aliphatic hydroxyl groups is 1. The average molecular weight is 195 g/mol. The fourth-order valence-corrected chi connectivity index (χ4v) is 2.22. The summed E-state index contributed by atoms with van der Waals surface area (Å²) in [7, 11) is 0. The first kappa shape index (κ1) is 8.34. The standard InChI is InChI=1S/C9H9NO2S/c10-6-1-2-8-9(5(6)3-11)7(12)4-13-8/h1-2,4,11-12H,3,10H2. The van der Waals surface area contributed by atoms with Crippen LogP contribution in [0.3, 0.4) is 0 Å². The molecule has 2 aromatic rings.